The van der Waals surface area contributed by atoms with E-state index in [2.05, 4.69) is 38.8 Å². The maximum absolute atomic E-state index is 12.6. The Morgan fingerprint density at radius 1 is 0.900 bits per heavy atom. The van der Waals surface area contributed by atoms with E-state index in [0.29, 0.717) is 31.3 Å². The van der Waals surface area contributed by atoms with Crippen LogP contribution in [0, 0.1) is 0 Å². The molecule has 2 aliphatic heterocycles. The Morgan fingerprint density at radius 3 is 2.40 bits per heavy atom. The molecule has 2 heterocycles. The van der Waals surface area contributed by atoms with Crippen molar-refractivity contribution in [2.24, 2.45) is 0 Å². The molecule has 1 fully saturated rings. The minimum Gasteiger partial charge on any atom is -0.490 e. The molecule has 0 bridgehead atoms. The number of piperazine rings is 1. The van der Waals surface area contributed by atoms with Crippen molar-refractivity contribution < 1.29 is 17.9 Å². The van der Waals surface area contributed by atoms with E-state index in [1.807, 2.05) is 6.07 Å². The highest BCUT2D eigenvalue weighted by Gasteiger charge is 2.20. The van der Waals surface area contributed by atoms with E-state index in [1.54, 1.807) is 18.2 Å². The highest BCUT2D eigenvalue weighted by Crippen LogP contribution is 2.31. The molecule has 0 radical (unpaired) electrons. The van der Waals surface area contributed by atoms with Crippen LogP contribution in [-0.4, -0.2) is 65.8 Å². The number of para-hydroxylation sites is 1. The Bertz CT molecular complexity index is 929. The number of fused-ring (bicyclic) bond motifs is 1. The third-order valence-electron chi connectivity index (χ3n) is 5.47. The number of benzene rings is 2. The molecule has 0 aromatic heterocycles. The number of hydrogen-bond donors (Lipinski definition) is 1. The number of sulfonamides is 1. The molecule has 7 nitrogen and oxygen atoms in total. The van der Waals surface area contributed by atoms with Gasteiger partial charge in [0.25, 0.3) is 0 Å². The van der Waals surface area contributed by atoms with Crippen LogP contribution in [0.15, 0.2) is 53.4 Å². The van der Waals surface area contributed by atoms with Crippen LogP contribution in [0.4, 0.5) is 5.69 Å². The molecule has 0 saturated carbocycles. The molecule has 2 aliphatic rings. The lowest BCUT2D eigenvalue weighted by Gasteiger charge is -2.36. The predicted octanol–water partition coefficient (Wildman–Crippen LogP) is 2.34. The third-order valence-corrected chi connectivity index (χ3v) is 6.92. The van der Waals surface area contributed by atoms with Crippen LogP contribution in [0.2, 0.25) is 0 Å². The van der Waals surface area contributed by atoms with Crippen molar-refractivity contribution in [3.8, 4) is 11.5 Å². The molecule has 0 aliphatic carbocycles. The summed E-state index contributed by atoms with van der Waals surface area (Å²) in [5.74, 6) is 1.09. The second kappa shape index (κ2) is 9.68. The van der Waals surface area contributed by atoms with Crippen LogP contribution in [0.5, 0.6) is 11.5 Å². The number of nitrogens with zero attached hydrogens (tertiary/aromatic N) is 2. The molecule has 0 atom stereocenters. The Labute approximate surface area is 178 Å². The first-order valence-corrected chi connectivity index (χ1v) is 12.0. The van der Waals surface area contributed by atoms with Crippen molar-refractivity contribution in [1.82, 2.24) is 9.62 Å². The number of anilines is 1. The van der Waals surface area contributed by atoms with Crippen molar-refractivity contribution in [2.45, 2.75) is 17.7 Å². The zero-order valence-corrected chi connectivity index (χ0v) is 17.9. The average molecular weight is 432 g/mol. The molecule has 2 aromatic rings. The summed E-state index contributed by atoms with van der Waals surface area (Å²) in [6.45, 7) is 6.37. The average Bonchev–Trinajstić information content (AvgIpc) is 3.03. The van der Waals surface area contributed by atoms with Gasteiger partial charge in [-0.05, 0) is 37.2 Å². The molecule has 8 heteroatoms. The van der Waals surface area contributed by atoms with Gasteiger partial charge < -0.3 is 14.4 Å². The van der Waals surface area contributed by atoms with Crippen molar-refractivity contribution in [3.05, 3.63) is 48.5 Å². The summed E-state index contributed by atoms with van der Waals surface area (Å²) in [6, 6.07) is 15.2. The fourth-order valence-corrected chi connectivity index (χ4v) is 4.86. The highest BCUT2D eigenvalue weighted by molar-refractivity contribution is 7.89. The predicted molar refractivity (Wildman–Crippen MR) is 117 cm³/mol. The molecule has 162 valence electrons. The smallest absolute Gasteiger partial charge is 0.240 e. The number of nitrogens with one attached hydrogen (secondary N) is 1. The van der Waals surface area contributed by atoms with Gasteiger partial charge >= 0.3 is 0 Å². The van der Waals surface area contributed by atoms with E-state index in [0.717, 1.165) is 45.6 Å². The zero-order chi connectivity index (χ0) is 20.8. The van der Waals surface area contributed by atoms with Gasteiger partial charge in [-0.15, -0.1) is 0 Å². The van der Waals surface area contributed by atoms with Crippen LogP contribution in [0.3, 0.4) is 0 Å². The molecule has 0 spiro atoms. The molecule has 1 N–H and O–H groups in total. The van der Waals surface area contributed by atoms with Gasteiger partial charge in [0.1, 0.15) is 0 Å². The zero-order valence-electron chi connectivity index (χ0n) is 17.1. The highest BCUT2D eigenvalue weighted by atomic mass is 32.2. The van der Waals surface area contributed by atoms with Crippen LogP contribution >= 0.6 is 0 Å². The second-order valence-corrected chi connectivity index (χ2v) is 9.34. The van der Waals surface area contributed by atoms with Gasteiger partial charge in [-0.3, -0.25) is 4.90 Å². The summed E-state index contributed by atoms with van der Waals surface area (Å²) < 4.78 is 39.1. The van der Waals surface area contributed by atoms with Gasteiger partial charge in [0.15, 0.2) is 11.5 Å². The van der Waals surface area contributed by atoms with E-state index in [1.165, 1.54) is 5.69 Å². The summed E-state index contributed by atoms with van der Waals surface area (Å²) in [7, 11) is -3.57. The van der Waals surface area contributed by atoms with E-state index in [-0.39, 0.29) is 4.90 Å². The van der Waals surface area contributed by atoms with E-state index in [4.69, 9.17) is 9.47 Å². The van der Waals surface area contributed by atoms with Crippen molar-refractivity contribution in [1.29, 1.82) is 0 Å². The molecule has 30 heavy (non-hydrogen) atoms. The van der Waals surface area contributed by atoms with Gasteiger partial charge in [-0.1, -0.05) is 18.2 Å². The van der Waals surface area contributed by atoms with Crippen LogP contribution in [0.1, 0.15) is 12.8 Å². The Balaban J connectivity index is 1.22. The van der Waals surface area contributed by atoms with Gasteiger partial charge in [-0.2, -0.15) is 0 Å². The molecule has 2 aromatic carbocycles. The minimum absolute atomic E-state index is 0.211. The van der Waals surface area contributed by atoms with Gasteiger partial charge in [0, 0.05) is 50.9 Å². The lowest BCUT2D eigenvalue weighted by Crippen LogP contribution is -2.47. The Kier molecular flexibility index (Phi) is 6.76. The maximum atomic E-state index is 12.6. The second-order valence-electron chi connectivity index (χ2n) is 7.57. The topological polar surface area (TPSA) is 71.1 Å². The van der Waals surface area contributed by atoms with Gasteiger partial charge in [0.2, 0.25) is 10.0 Å². The Morgan fingerprint density at radius 2 is 1.63 bits per heavy atom. The molecular formula is C22H29N3O4S. The lowest BCUT2D eigenvalue weighted by atomic mass is 10.2. The van der Waals surface area contributed by atoms with E-state index in [9.17, 15) is 8.42 Å². The number of rotatable bonds is 7. The first-order valence-electron chi connectivity index (χ1n) is 10.5. The minimum atomic E-state index is -3.57. The fourth-order valence-electron chi connectivity index (χ4n) is 3.77. The summed E-state index contributed by atoms with van der Waals surface area (Å²) in [5.41, 5.74) is 1.26. The lowest BCUT2D eigenvalue weighted by molar-refractivity contribution is 0.255. The Hall–Kier alpha value is -2.29. The van der Waals surface area contributed by atoms with Gasteiger partial charge in [0.05, 0.1) is 18.1 Å². The molecule has 0 amide bonds. The summed E-state index contributed by atoms with van der Waals surface area (Å²) in [4.78, 5) is 4.99. The monoisotopic (exact) mass is 431 g/mol. The summed E-state index contributed by atoms with van der Waals surface area (Å²) in [6.07, 6.45) is 1.56. The van der Waals surface area contributed by atoms with Crippen molar-refractivity contribution in [2.75, 3.05) is 57.4 Å². The maximum Gasteiger partial charge on any atom is 0.240 e. The van der Waals surface area contributed by atoms with Crippen molar-refractivity contribution >= 4 is 15.7 Å². The summed E-state index contributed by atoms with van der Waals surface area (Å²) in [5, 5.41) is 0. The number of ether oxygens (including phenoxy) is 2. The molecule has 0 unspecified atom stereocenters. The quantitative estimate of drug-likeness (QED) is 0.679. The SMILES string of the molecule is O=S(=O)(NCCCN1CCN(c2ccccc2)CC1)c1ccc2c(c1)OCCCO2. The van der Waals surface area contributed by atoms with Gasteiger partial charge in [-0.25, -0.2) is 13.1 Å². The first kappa shape index (κ1) is 21.0. The third kappa shape index (κ3) is 5.24. The molecule has 1 saturated heterocycles. The number of hydrogen-bond acceptors (Lipinski definition) is 6. The first-order chi connectivity index (χ1) is 14.6. The molecule has 4 rings (SSSR count). The van der Waals surface area contributed by atoms with E-state index >= 15 is 0 Å². The fraction of sp³-hybridized carbons (Fsp3) is 0.455. The molecular weight excluding hydrogens is 402 g/mol. The normalized spacial score (nSPS) is 17.5. The van der Waals surface area contributed by atoms with Crippen LogP contribution in [0.25, 0.3) is 0 Å². The van der Waals surface area contributed by atoms with E-state index < -0.39 is 10.0 Å². The van der Waals surface area contributed by atoms with Crippen LogP contribution < -0.4 is 19.1 Å². The standard InChI is InChI=1S/C22H29N3O4S/c26-30(27,20-8-9-21-22(18-20)29-17-5-16-28-21)23-10-4-11-24-12-14-25(15-13-24)19-6-2-1-3-7-19/h1-3,6-9,18,23H,4-5,10-17H2. The summed E-state index contributed by atoms with van der Waals surface area (Å²) >= 11 is 0. The van der Waals surface area contributed by atoms with Crippen molar-refractivity contribution in [3.63, 3.8) is 0 Å². The van der Waals surface area contributed by atoms with Crippen LogP contribution in [-0.2, 0) is 10.0 Å². The largest absolute Gasteiger partial charge is 0.490 e.